The van der Waals surface area contributed by atoms with E-state index >= 15 is 0 Å². The molecule has 0 amide bonds. The van der Waals surface area contributed by atoms with Crippen molar-refractivity contribution in [1.29, 1.82) is 5.26 Å². The summed E-state index contributed by atoms with van der Waals surface area (Å²) in [6.45, 7) is 2.18. The van der Waals surface area contributed by atoms with Crippen LogP contribution >= 0.6 is 11.3 Å². The Balaban J connectivity index is 1.41. The van der Waals surface area contributed by atoms with Gasteiger partial charge in [0, 0.05) is 60.2 Å². The number of rotatable bonds is 5. The Hall–Kier alpha value is -3.22. The lowest BCUT2D eigenvalue weighted by atomic mass is 9.91. The van der Waals surface area contributed by atoms with E-state index in [-0.39, 0.29) is 12.6 Å². The molecule has 9 heteroatoms. The maximum absolute atomic E-state index is 9.29. The molecule has 0 saturated carbocycles. The Morgan fingerprint density at radius 2 is 2.26 bits per heavy atom. The predicted octanol–water partition coefficient (Wildman–Crippen LogP) is 3.77. The van der Waals surface area contributed by atoms with Gasteiger partial charge in [0.05, 0.1) is 23.1 Å². The van der Waals surface area contributed by atoms with E-state index in [1.165, 1.54) is 11.3 Å². The van der Waals surface area contributed by atoms with Gasteiger partial charge in [0.25, 0.3) is 0 Å². The van der Waals surface area contributed by atoms with Gasteiger partial charge < -0.3 is 20.6 Å². The van der Waals surface area contributed by atoms with Crippen molar-refractivity contribution in [2.45, 2.75) is 50.9 Å². The maximum Gasteiger partial charge on any atom is 0.188 e. The molecular formula is C22H23N7OS. The van der Waals surface area contributed by atoms with E-state index in [1.807, 2.05) is 24.4 Å². The van der Waals surface area contributed by atoms with Gasteiger partial charge in [0.2, 0.25) is 0 Å². The average Bonchev–Trinajstić information content (AvgIpc) is 3.40. The summed E-state index contributed by atoms with van der Waals surface area (Å²) in [6, 6.07) is 9.14. The highest BCUT2D eigenvalue weighted by Gasteiger charge is 2.36. The zero-order valence-corrected chi connectivity index (χ0v) is 17.9. The second-order valence-corrected chi connectivity index (χ2v) is 9.19. The van der Waals surface area contributed by atoms with Crippen molar-refractivity contribution in [3.63, 3.8) is 0 Å². The van der Waals surface area contributed by atoms with Crippen molar-refractivity contribution in [2.75, 3.05) is 10.6 Å². The minimum atomic E-state index is -0.0285. The van der Waals surface area contributed by atoms with Gasteiger partial charge in [-0.05, 0) is 31.9 Å². The molecule has 8 nitrogen and oxygen atoms in total. The number of nitrogens with zero attached hydrogens (tertiary/aromatic N) is 5. The number of aromatic nitrogens is 3. The van der Waals surface area contributed by atoms with Gasteiger partial charge in [-0.25, -0.2) is 9.97 Å². The first-order valence-corrected chi connectivity index (χ1v) is 11.2. The number of nitriles is 1. The molecule has 1 fully saturated rings. The molecule has 2 aliphatic heterocycles. The molecule has 0 radical (unpaired) electrons. The number of hydrogen-bond donors (Lipinski definition) is 3. The van der Waals surface area contributed by atoms with Gasteiger partial charge in [-0.15, -0.1) is 0 Å². The van der Waals surface area contributed by atoms with E-state index in [2.05, 4.69) is 38.5 Å². The Kier molecular flexibility index (Phi) is 5.18. The van der Waals surface area contributed by atoms with Crippen molar-refractivity contribution in [3.05, 3.63) is 47.2 Å². The lowest BCUT2D eigenvalue weighted by Crippen LogP contribution is -2.46. The topological polar surface area (TPSA) is 110 Å². The second-order valence-electron chi connectivity index (χ2n) is 8.07. The zero-order valence-electron chi connectivity index (χ0n) is 17.1. The van der Waals surface area contributed by atoms with Gasteiger partial charge in [0.1, 0.15) is 11.6 Å². The smallest absolute Gasteiger partial charge is 0.188 e. The Morgan fingerprint density at radius 1 is 1.35 bits per heavy atom. The molecule has 3 aromatic rings. The van der Waals surface area contributed by atoms with E-state index in [0.717, 1.165) is 46.4 Å². The van der Waals surface area contributed by atoms with Crippen LogP contribution in [0.15, 0.2) is 42.4 Å². The average molecular weight is 434 g/mol. The third kappa shape index (κ3) is 3.92. The lowest BCUT2D eigenvalue weighted by molar-refractivity contribution is 0.158. The van der Waals surface area contributed by atoms with Gasteiger partial charge >= 0.3 is 0 Å². The van der Waals surface area contributed by atoms with Crippen molar-refractivity contribution in [3.8, 4) is 6.07 Å². The maximum atomic E-state index is 9.29. The first-order valence-electron chi connectivity index (χ1n) is 10.4. The third-order valence-electron chi connectivity index (χ3n) is 5.90. The predicted molar refractivity (Wildman–Crippen MR) is 121 cm³/mol. The molecule has 31 heavy (non-hydrogen) atoms. The number of anilines is 3. The highest BCUT2D eigenvalue weighted by Crippen LogP contribution is 2.35. The molecule has 3 atom stereocenters. The van der Waals surface area contributed by atoms with Crippen LogP contribution in [0.25, 0.3) is 10.9 Å². The van der Waals surface area contributed by atoms with Crippen molar-refractivity contribution in [2.24, 2.45) is 0 Å². The summed E-state index contributed by atoms with van der Waals surface area (Å²) in [7, 11) is 0. The van der Waals surface area contributed by atoms with Crippen molar-refractivity contribution >= 4 is 39.0 Å². The normalized spacial score (nSPS) is 22.7. The fourth-order valence-electron chi connectivity index (χ4n) is 4.53. The molecule has 5 heterocycles. The monoisotopic (exact) mass is 433 g/mol. The van der Waals surface area contributed by atoms with Crippen LogP contribution in [0, 0.1) is 11.3 Å². The largest absolute Gasteiger partial charge is 0.391 e. The Bertz CT molecular complexity index is 1180. The van der Waals surface area contributed by atoms with Crippen LogP contribution in [-0.2, 0) is 6.61 Å². The number of aliphatic hydroxyl groups excluding tert-OH is 1. The summed E-state index contributed by atoms with van der Waals surface area (Å²) in [6.07, 6.45) is 8.21. The minimum Gasteiger partial charge on any atom is -0.391 e. The Labute approximate surface area is 184 Å². The number of pyridine rings is 2. The molecule has 5 rings (SSSR count). The number of thiazole rings is 1. The van der Waals surface area contributed by atoms with Crippen LogP contribution in [0.5, 0.6) is 0 Å². The first-order chi connectivity index (χ1) is 15.1. The molecule has 1 saturated heterocycles. The quantitative estimate of drug-likeness (QED) is 0.558. The van der Waals surface area contributed by atoms with Gasteiger partial charge in [-0.2, -0.15) is 5.26 Å². The fourth-order valence-corrected chi connectivity index (χ4v) is 5.21. The second kappa shape index (κ2) is 8.13. The van der Waals surface area contributed by atoms with Crippen LogP contribution in [-0.4, -0.2) is 43.1 Å². The summed E-state index contributed by atoms with van der Waals surface area (Å²) in [5.74, 6) is 1.46. The van der Waals surface area contributed by atoms with Crippen LogP contribution in [0.2, 0.25) is 0 Å². The highest BCUT2D eigenvalue weighted by molar-refractivity contribution is 7.15. The molecular weight excluding hydrogens is 410 g/mol. The summed E-state index contributed by atoms with van der Waals surface area (Å²) >= 11 is 1.40. The number of hydrogen-bond acceptors (Lipinski definition) is 9. The van der Waals surface area contributed by atoms with E-state index in [4.69, 9.17) is 4.98 Å². The van der Waals surface area contributed by atoms with E-state index in [9.17, 15) is 10.4 Å². The molecule has 3 N–H and O–H groups in total. The standard InChI is InChI=1S/C22H23N7OS/c1-13-5-15(7-16-6-14(9-23)11-29(13)16)26-21-18-3-2-4-24-19(18)8-20(27-21)28-22-25-10-17(12-30)31-22/h2-4,8,10-11,13,15-16,30H,5-7,12H2,1H3,(H2,25,26,27,28)/t13-,15-,16+/m0/s1. The van der Waals surface area contributed by atoms with Crippen LogP contribution in [0.4, 0.5) is 16.8 Å². The summed E-state index contributed by atoms with van der Waals surface area (Å²) in [5.41, 5.74) is 1.71. The number of fused-ring (bicyclic) bond motifs is 2. The molecule has 2 aliphatic rings. The van der Waals surface area contributed by atoms with Crippen molar-refractivity contribution < 1.29 is 5.11 Å². The van der Waals surface area contributed by atoms with Gasteiger partial charge in [-0.3, -0.25) is 4.98 Å². The molecule has 0 spiro atoms. The third-order valence-corrected chi connectivity index (χ3v) is 6.80. The molecule has 0 aliphatic carbocycles. The molecule has 3 aromatic heterocycles. The summed E-state index contributed by atoms with van der Waals surface area (Å²) in [5, 5.41) is 27.1. The van der Waals surface area contributed by atoms with Crippen LogP contribution < -0.4 is 10.6 Å². The molecule has 0 aromatic carbocycles. The zero-order chi connectivity index (χ0) is 21.4. The van der Waals surface area contributed by atoms with Gasteiger partial charge in [0.15, 0.2) is 5.13 Å². The summed E-state index contributed by atoms with van der Waals surface area (Å²) < 4.78 is 0. The van der Waals surface area contributed by atoms with Crippen LogP contribution in [0.3, 0.4) is 0 Å². The van der Waals surface area contributed by atoms with Gasteiger partial charge in [-0.1, -0.05) is 11.3 Å². The lowest BCUT2D eigenvalue weighted by Gasteiger charge is -2.41. The fraction of sp³-hybridized carbons (Fsp3) is 0.364. The molecule has 158 valence electrons. The molecule has 0 bridgehead atoms. The van der Waals surface area contributed by atoms with E-state index < -0.39 is 0 Å². The number of piperidine rings is 1. The SMILES string of the molecule is C[C@H]1C[C@H](Nc2nc(Nc3ncc(CO)s3)cc3ncccc23)C[C@H]2CC(C#N)=CN21. The molecule has 0 unspecified atom stereocenters. The Morgan fingerprint density at radius 3 is 3.06 bits per heavy atom. The summed E-state index contributed by atoms with van der Waals surface area (Å²) in [4.78, 5) is 16.8. The van der Waals surface area contributed by atoms with E-state index in [1.54, 1.807) is 12.4 Å². The van der Waals surface area contributed by atoms with Crippen molar-refractivity contribution in [1.82, 2.24) is 19.9 Å². The van der Waals surface area contributed by atoms with E-state index in [0.29, 0.717) is 23.0 Å². The minimum absolute atomic E-state index is 0.0285. The first kappa shape index (κ1) is 19.7. The van der Waals surface area contributed by atoms with Crippen LogP contribution in [0.1, 0.15) is 31.1 Å². The number of aliphatic hydroxyl groups is 1. The number of nitrogens with one attached hydrogen (secondary N) is 2. The highest BCUT2D eigenvalue weighted by atomic mass is 32.1.